The molecule has 1 heterocycles. The highest BCUT2D eigenvalue weighted by molar-refractivity contribution is 5.30. The molecular weight excluding hydrogens is 233 g/mol. The highest BCUT2D eigenvalue weighted by Gasteiger charge is 2.15. The summed E-state index contributed by atoms with van der Waals surface area (Å²) in [5.41, 5.74) is 1.96. The predicted octanol–water partition coefficient (Wildman–Crippen LogP) is 1.16. The van der Waals surface area contributed by atoms with E-state index in [4.69, 9.17) is 0 Å². The fourth-order valence-corrected chi connectivity index (χ4v) is 1.99. The van der Waals surface area contributed by atoms with E-state index in [1.165, 1.54) is 16.9 Å². The highest BCUT2D eigenvalue weighted by Crippen LogP contribution is 2.20. The lowest BCUT2D eigenvalue weighted by Gasteiger charge is -2.17. The second-order valence-electron chi connectivity index (χ2n) is 4.24. The minimum atomic E-state index is -0.219. The van der Waals surface area contributed by atoms with E-state index in [2.05, 4.69) is 20.7 Å². The number of halogens is 1. The summed E-state index contributed by atoms with van der Waals surface area (Å²) in [6.45, 7) is 1.90. The Morgan fingerprint density at radius 2 is 2.22 bits per heavy atom. The van der Waals surface area contributed by atoms with Crippen molar-refractivity contribution in [3.05, 3.63) is 41.0 Å². The standard InChI is InChI=1S/C12H16FN5/c1-8-6-9(13)4-5-10(8)11(14-2)7-12-15-17-18(3)16-12/h4-6,11,14H,7H2,1-3H3. The number of benzene rings is 1. The van der Waals surface area contributed by atoms with E-state index < -0.39 is 0 Å². The third kappa shape index (κ3) is 2.70. The molecule has 6 heteroatoms. The van der Waals surface area contributed by atoms with Crippen molar-refractivity contribution in [1.82, 2.24) is 25.5 Å². The molecule has 1 N–H and O–H groups in total. The Bertz CT molecular complexity index is 537. The topological polar surface area (TPSA) is 55.6 Å². The van der Waals surface area contributed by atoms with Crippen LogP contribution in [0.4, 0.5) is 4.39 Å². The van der Waals surface area contributed by atoms with Crippen LogP contribution in [-0.4, -0.2) is 27.3 Å². The Kier molecular flexibility index (Phi) is 3.66. The van der Waals surface area contributed by atoms with Gasteiger partial charge >= 0.3 is 0 Å². The molecule has 2 aromatic rings. The summed E-state index contributed by atoms with van der Waals surface area (Å²) in [4.78, 5) is 1.43. The highest BCUT2D eigenvalue weighted by atomic mass is 19.1. The summed E-state index contributed by atoms with van der Waals surface area (Å²) in [6.07, 6.45) is 0.622. The van der Waals surface area contributed by atoms with Crippen molar-refractivity contribution in [2.75, 3.05) is 7.05 Å². The van der Waals surface area contributed by atoms with Crippen LogP contribution in [0.2, 0.25) is 0 Å². The minimum Gasteiger partial charge on any atom is -0.313 e. The number of aryl methyl sites for hydroxylation is 2. The molecule has 5 nitrogen and oxygen atoms in total. The fraction of sp³-hybridized carbons (Fsp3) is 0.417. The molecular formula is C12H16FN5. The summed E-state index contributed by atoms with van der Waals surface area (Å²) in [5, 5.41) is 15.1. The van der Waals surface area contributed by atoms with Gasteiger partial charge in [-0.2, -0.15) is 4.80 Å². The Morgan fingerprint density at radius 1 is 1.44 bits per heavy atom. The average Bonchev–Trinajstić information content (AvgIpc) is 2.72. The van der Waals surface area contributed by atoms with Gasteiger partial charge in [-0.15, -0.1) is 10.2 Å². The molecule has 96 valence electrons. The molecule has 0 aliphatic rings. The first-order valence-electron chi connectivity index (χ1n) is 5.76. The Labute approximate surface area is 105 Å². The summed E-state index contributed by atoms with van der Waals surface area (Å²) < 4.78 is 13.1. The van der Waals surface area contributed by atoms with Gasteiger partial charge in [0.1, 0.15) is 5.82 Å². The lowest BCUT2D eigenvalue weighted by Crippen LogP contribution is -2.20. The SMILES string of the molecule is CNC(Cc1nnn(C)n1)c1ccc(F)cc1C. The number of hydrogen-bond donors (Lipinski definition) is 1. The molecule has 0 amide bonds. The predicted molar refractivity (Wildman–Crippen MR) is 65.4 cm³/mol. The Hall–Kier alpha value is -1.82. The molecule has 0 saturated heterocycles. The monoisotopic (exact) mass is 249 g/mol. The average molecular weight is 249 g/mol. The van der Waals surface area contributed by atoms with Crippen LogP contribution >= 0.6 is 0 Å². The molecule has 0 radical (unpaired) electrons. The molecule has 1 aromatic heterocycles. The van der Waals surface area contributed by atoms with Crippen LogP contribution in [0.3, 0.4) is 0 Å². The van der Waals surface area contributed by atoms with Crippen LogP contribution < -0.4 is 5.32 Å². The van der Waals surface area contributed by atoms with E-state index in [0.717, 1.165) is 11.1 Å². The first-order valence-corrected chi connectivity index (χ1v) is 5.76. The van der Waals surface area contributed by atoms with Crippen LogP contribution in [0.15, 0.2) is 18.2 Å². The van der Waals surface area contributed by atoms with Crippen molar-refractivity contribution in [2.45, 2.75) is 19.4 Å². The van der Waals surface area contributed by atoms with E-state index in [-0.39, 0.29) is 11.9 Å². The summed E-state index contributed by atoms with van der Waals surface area (Å²) in [5.74, 6) is 0.448. The zero-order valence-corrected chi connectivity index (χ0v) is 10.7. The van der Waals surface area contributed by atoms with Crippen LogP contribution in [0.1, 0.15) is 23.0 Å². The number of nitrogens with one attached hydrogen (secondary N) is 1. The van der Waals surface area contributed by atoms with Gasteiger partial charge in [0.05, 0.1) is 7.05 Å². The van der Waals surface area contributed by atoms with Gasteiger partial charge in [-0.05, 0) is 42.4 Å². The van der Waals surface area contributed by atoms with E-state index >= 15 is 0 Å². The second kappa shape index (κ2) is 5.22. The largest absolute Gasteiger partial charge is 0.313 e. The van der Waals surface area contributed by atoms with E-state index in [1.807, 2.05) is 14.0 Å². The fourth-order valence-electron chi connectivity index (χ4n) is 1.99. The first kappa shape index (κ1) is 12.6. The number of nitrogens with zero attached hydrogens (tertiary/aromatic N) is 4. The van der Waals surface area contributed by atoms with E-state index in [9.17, 15) is 4.39 Å². The second-order valence-corrected chi connectivity index (χ2v) is 4.24. The van der Waals surface area contributed by atoms with Gasteiger partial charge in [-0.25, -0.2) is 4.39 Å². The smallest absolute Gasteiger partial charge is 0.176 e. The maximum atomic E-state index is 13.1. The maximum Gasteiger partial charge on any atom is 0.176 e. The number of rotatable bonds is 4. The molecule has 0 aliphatic carbocycles. The minimum absolute atomic E-state index is 0.0507. The van der Waals surface area contributed by atoms with Crippen LogP contribution in [0, 0.1) is 12.7 Å². The van der Waals surface area contributed by atoms with E-state index in [0.29, 0.717) is 12.2 Å². The van der Waals surface area contributed by atoms with Crippen LogP contribution in [-0.2, 0) is 13.5 Å². The molecule has 0 bridgehead atoms. The molecule has 1 aromatic carbocycles. The number of hydrogen-bond acceptors (Lipinski definition) is 4. The number of likely N-dealkylation sites (N-methyl/N-ethyl adjacent to an activating group) is 1. The Morgan fingerprint density at radius 3 is 2.78 bits per heavy atom. The summed E-state index contributed by atoms with van der Waals surface area (Å²) in [6, 6.07) is 4.85. The van der Waals surface area contributed by atoms with Gasteiger partial charge in [0.2, 0.25) is 0 Å². The van der Waals surface area contributed by atoms with E-state index in [1.54, 1.807) is 13.1 Å². The quantitative estimate of drug-likeness (QED) is 0.883. The van der Waals surface area contributed by atoms with Crippen molar-refractivity contribution in [3.8, 4) is 0 Å². The van der Waals surface area contributed by atoms with Gasteiger partial charge in [0, 0.05) is 12.5 Å². The summed E-state index contributed by atoms with van der Waals surface area (Å²) in [7, 11) is 3.60. The van der Waals surface area contributed by atoms with Crippen molar-refractivity contribution in [3.63, 3.8) is 0 Å². The first-order chi connectivity index (χ1) is 8.60. The summed E-state index contributed by atoms with van der Waals surface area (Å²) >= 11 is 0. The van der Waals surface area contributed by atoms with Crippen molar-refractivity contribution in [1.29, 1.82) is 0 Å². The molecule has 1 atom stereocenters. The van der Waals surface area contributed by atoms with Gasteiger partial charge in [0.15, 0.2) is 5.82 Å². The third-order valence-electron chi connectivity index (χ3n) is 2.89. The molecule has 0 fully saturated rings. The molecule has 0 spiro atoms. The lowest BCUT2D eigenvalue weighted by atomic mass is 9.98. The molecule has 18 heavy (non-hydrogen) atoms. The Balaban J connectivity index is 2.22. The van der Waals surface area contributed by atoms with Crippen molar-refractivity contribution in [2.24, 2.45) is 7.05 Å². The zero-order valence-electron chi connectivity index (χ0n) is 10.7. The number of tetrazole rings is 1. The normalized spacial score (nSPS) is 12.7. The van der Waals surface area contributed by atoms with Crippen molar-refractivity contribution >= 4 is 0 Å². The molecule has 0 saturated carbocycles. The zero-order chi connectivity index (χ0) is 13.1. The molecule has 0 aliphatic heterocycles. The number of aromatic nitrogens is 4. The third-order valence-corrected chi connectivity index (χ3v) is 2.89. The lowest BCUT2D eigenvalue weighted by molar-refractivity contribution is 0.563. The molecule has 1 unspecified atom stereocenters. The van der Waals surface area contributed by atoms with Gasteiger partial charge < -0.3 is 5.32 Å². The van der Waals surface area contributed by atoms with Crippen LogP contribution in [0.5, 0.6) is 0 Å². The molecule has 2 rings (SSSR count). The van der Waals surface area contributed by atoms with Crippen molar-refractivity contribution < 1.29 is 4.39 Å². The van der Waals surface area contributed by atoms with Gasteiger partial charge in [-0.1, -0.05) is 6.07 Å². The van der Waals surface area contributed by atoms with Gasteiger partial charge in [-0.3, -0.25) is 0 Å². The van der Waals surface area contributed by atoms with Gasteiger partial charge in [0.25, 0.3) is 0 Å². The maximum absolute atomic E-state index is 13.1. The van der Waals surface area contributed by atoms with Crippen LogP contribution in [0.25, 0.3) is 0 Å².